The lowest BCUT2D eigenvalue weighted by Crippen LogP contribution is -2.23. The first-order chi connectivity index (χ1) is 12.0. The normalized spacial score (nSPS) is 12.0. The summed E-state index contributed by atoms with van der Waals surface area (Å²) in [6.45, 7) is 5.61. The zero-order valence-electron chi connectivity index (χ0n) is 14.6. The molecule has 0 atom stereocenters. The van der Waals surface area contributed by atoms with Gasteiger partial charge in [0.1, 0.15) is 5.75 Å². The molecule has 0 aliphatic carbocycles. The lowest BCUT2D eigenvalue weighted by atomic mass is 9.86. The Kier molecular flexibility index (Phi) is 6.01. The number of carbonyl (C=O) groups is 1. The van der Waals surface area contributed by atoms with Gasteiger partial charge in [-0.3, -0.25) is 4.79 Å². The zero-order valence-corrected chi connectivity index (χ0v) is 16.2. The molecule has 0 saturated heterocycles. The van der Waals surface area contributed by atoms with Gasteiger partial charge in [0.2, 0.25) is 0 Å². The maximum absolute atomic E-state index is 13.0. The molecule has 0 spiro atoms. The highest BCUT2D eigenvalue weighted by Crippen LogP contribution is 2.35. The molecule has 2 aromatic carbocycles. The van der Waals surface area contributed by atoms with Gasteiger partial charge in [0.15, 0.2) is 6.61 Å². The summed E-state index contributed by atoms with van der Waals surface area (Å²) in [5.74, 6) is -0.149. The molecule has 0 aliphatic heterocycles. The van der Waals surface area contributed by atoms with Crippen LogP contribution in [0.3, 0.4) is 0 Å². The van der Waals surface area contributed by atoms with Crippen molar-refractivity contribution in [1.29, 1.82) is 0 Å². The van der Waals surface area contributed by atoms with E-state index in [9.17, 15) is 18.0 Å². The van der Waals surface area contributed by atoms with E-state index in [-0.39, 0.29) is 11.1 Å². The molecular formula is C19H19BrF3NO2. The number of alkyl halides is 3. The monoisotopic (exact) mass is 429 g/mol. The Bertz CT molecular complexity index is 798. The van der Waals surface area contributed by atoms with Gasteiger partial charge in [0.05, 0.1) is 11.3 Å². The van der Waals surface area contributed by atoms with Crippen molar-refractivity contribution in [2.75, 3.05) is 11.9 Å². The van der Waals surface area contributed by atoms with Crippen LogP contribution in [0.5, 0.6) is 5.75 Å². The average molecular weight is 430 g/mol. The maximum atomic E-state index is 13.0. The van der Waals surface area contributed by atoms with Crippen LogP contribution in [0, 0.1) is 0 Å². The summed E-state index contributed by atoms with van der Waals surface area (Å²) < 4.78 is 45.4. The molecule has 0 heterocycles. The third-order valence-corrected chi connectivity index (χ3v) is 4.11. The van der Waals surface area contributed by atoms with Crippen molar-refractivity contribution < 1.29 is 22.7 Å². The summed E-state index contributed by atoms with van der Waals surface area (Å²) >= 11 is 3.40. The topological polar surface area (TPSA) is 38.3 Å². The first-order valence-electron chi connectivity index (χ1n) is 7.87. The smallest absolute Gasteiger partial charge is 0.418 e. The number of ether oxygens (including phenoxy) is 1. The van der Waals surface area contributed by atoms with Crippen LogP contribution in [0.25, 0.3) is 0 Å². The van der Waals surface area contributed by atoms with E-state index in [0.717, 1.165) is 16.1 Å². The number of hydrogen-bond donors (Lipinski definition) is 1. The summed E-state index contributed by atoms with van der Waals surface area (Å²) in [7, 11) is 0. The van der Waals surface area contributed by atoms with Crippen molar-refractivity contribution in [2.24, 2.45) is 0 Å². The second-order valence-electron chi connectivity index (χ2n) is 6.77. The molecule has 0 bridgehead atoms. The average Bonchev–Trinajstić information content (AvgIpc) is 2.52. The van der Waals surface area contributed by atoms with Crippen LogP contribution in [-0.2, 0) is 16.4 Å². The fourth-order valence-electron chi connectivity index (χ4n) is 2.38. The van der Waals surface area contributed by atoms with E-state index in [0.29, 0.717) is 5.75 Å². The van der Waals surface area contributed by atoms with E-state index in [4.69, 9.17) is 4.74 Å². The van der Waals surface area contributed by atoms with Gasteiger partial charge in [-0.25, -0.2) is 0 Å². The van der Waals surface area contributed by atoms with Gasteiger partial charge in [-0.2, -0.15) is 13.2 Å². The summed E-state index contributed by atoms with van der Waals surface area (Å²) in [5.41, 5.74) is -0.526. The number of carbonyl (C=O) groups excluding carboxylic acids is 1. The highest BCUT2D eigenvalue weighted by Gasteiger charge is 2.33. The van der Waals surface area contributed by atoms with Crippen LogP contribution in [0.4, 0.5) is 18.9 Å². The highest BCUT2D eigenvalue weighted by atomic mass is 79.9. The second-order valence-corrected chi connectivity index (χ2v) is 7.69. The van der Waals surface area contributed by atoms with Gasteiger partial charge in [-0.1, -0.05) is 48.8 Å². The predicted molar refractivity (Wildman–Crippen MR) is 98.4 cm³/mol. The summed E-state index contributed by atoms with van der Waals surface area (Å²) in [5, 5.41) is 2.26. The van der Waals surface area contributed by atoms with Crippen molar-refractivity contribution >= 4 is 27.5 Å². The summed E-state index contributed by atoms with van der Waals surface area (Å²) in [4.78, 5) is 12.1. The Balaban J connectivity index is 2.12. The van der Waals surface area contributed by atoms with Crippen molar-refractivity contribution in [1.82, 2.24) is 0 Å². The molecule has 0 aromatic heterocycles. The zero-order chi connectivity index (χ0) is 19.5. The van der Waals surface area contributed by atoms with Crippen LogP contribution in [0.1, 0.15) is 31.9 Å². The van der Waals surface area contributed by atoms with Gasteiger partial charge in [-0.05, 0) is 35.7 Å². The van der Waals surface area contributed by atoms with Gasteiger partial charge < -0.3 is 10.1 Å². The summed E-state index contributed by atoms with van der Waals surface area (Å²) in [6, 6.07) is 10.2. The first-order valence-corrected chi connectivity index (χ1v) is 8.66. The molecule has 0 radical (unpaired) electrons. The van der Waals surface area contributed by atoms with E-state index < -0.39 is 24.3 Å². The molecule has 0 saturated carbocycles. The fraction of sp³-hybridized carbons (Fsp3) is 0.316. The predicted octanol–water partition coefficient (Wildman–Crippen LogP) is 5.78. The Morgan fingerprint density at radius 1 is 1.08 bits per heavy atom. The van der Waals surface area contributed by atoms with Crippen LogP contribution >= 0.6 is 15.9 Å². The third kappa shape index (κ3) is 5.24. The van der Waals surface area contributed by atoms with Crippen LogP contribution in [-0.4, -0.2) is 12.5 Å². The quantitative estimate of drug-likeness (QED) is 0.668. The van der Waals surface area contributed by atoms with Gasteiger partial charge in [-0.15, -0.1) is 0 Å². The Morgan fingerprint density at radius 2 is 1.73 bits per heavy atom. The largest absolute Gasteiger partial charge is 0.483 e. The van der Waals surface area contributed by atoms with Crippen molar-refractivity contribution in [3.05, 3.63) is 58.1 Å². The molecular weight excluding hydrogens is 411 g/mol. The number of nitrogens with one attached hydrogen (secondary N) is 1. The van der Waals surface area contributed by atoms with Crippen LogP contribution in [0.15, 0.2) is 46.9 Å². The van der Waals surface area contributed by atoms with Gasteiger partial charge >= 0.3 is 6.18 Å². The molecule has 0 unspecified atom stereocenters. The number of amides is 1. The van der Waals surface area contributed by atoms with E-state index in [1.54, 1.807) is 12.1 Å². The molecule has 2 rings (SSSR count). The molecule has 26 heavy (non-hydrogen) atoms. The van der Waals surface area contributed by atoms with E-state index >= 15 is 0 Å². The molecule has 1 N–H and O–H groups in total. The maximum Gasteiger partial charge on any atom is 0.418 e. The minimum atomic E-state index is -4.55. The Morgan fingerprint density at radius 3 is 2.35 bits per heavy atom. The number of benzene rings is 2. The molecule has 140 valence electrons. The lowest BCUT2D eigenvalue weighted by molar-refractivity contribution is -0.137. The molecule has 0 fully saturated rings. The van der Waals surface area contributed by atoms with E-state index in [1.807, 2.05) is 26.8 Å². The van der Waals surface area contributed by atoms with Crippen molar-refractivity contribution in [2.45, 2.75) is 32.4 Å². The van der Waals surface area contributed by atoms with Crippen LogP contribution in [0.2, 0.25) is 0 Å². The number of rotatable bonds is 4. The molecule has 7 heteroatoms. The number of hydrogen-bond acceptors (Lipinski definition) is 2. The third-order valence-electron chi connectivity index (χ3n) is 3.61. The standard InChI is InChI=1S/C19H19BrF3NO2/c1-18(2,3)14-10-12(20)8-9-16(14)26-11-17(25)24-15-7-5-4-6-13(15)19(21,22)23/h4-10H,11H2,1-3H3,(H,24,25). The second kappa shape index (κ2) is 7.70. The van der Waals surface area contributed by atoms with Crippen LogP contribution < -0.4 is 10.1 Å². The first kappa shape index (κ1) is 20.3. The van der Waals surface area contributed by atoms with Gasteiger partial charge in [0.25, 0.3) is 5.91 Å². The fourth-order valence-corrected chi connectivity index (χ4v) is 2.74. The van der Waals surface area contributed by atoms with Gasteiger partial charge in [0, 0.05) is 10.0 Å². The minimum Gasteiger partial charge on any atom is -0.483 e. The molecule has 1 amide bonds. The number of anilines is 1. The van der Waals surface area contributed by atoms with Crippen molar-refractivity contribution in [3.8, 4) is 5.75 Å². The Hall–Kier alpha value is -2.02. The molecule has 2 aromatic rings. The van der Waals surface area contributed by atoms with E-state index in [1.165, 1.54) is 18.2 Å². The molecule has 3 nitrogen and oxygen atoms in total. The summed E-state index contributed by atoms with van der Waals surface area (Å²) in [6.07, 6.45) is -4.55. The van der Waals surface area contributed by atoms with E-state index in [2.05, 4.69) is 21.2 Å². The number of halogens is 4. The highest BCUT2D eigenvalue weighted by molar-refractivity contribution is 9.10. The van der Waals surface area contributed by atoms with Crippen molar-refractivity contribution in [3.63, 3.8) is 0 Å². The number of para-hydroxylation sites is 1. The Labute approximate surface area is 158 Å². The molecule has 0 aliphatic rings. The lowest BCUT2D eigenvalue weighted by Gasteiger charge is -2.23. The SMILES string of the molecule is CC(C)(C)c1cc(Br)ccc1OCC(=O)Nc1ccccc1C(F)(F)F. The minimum absolute atomic E-state index is 0.224.